The number of anilines is 1. The van der Waals surface area contributed by atoms with Crippen molar-refractivity contribution in [1.29, 1.82) is 0 Å². The van der Waals surface area contributed by atoms with Gasteiger partial charge in [0.05, 0.1) is 18.4 Å². The fourth-order valence-corrected chi connectivity index (χ4v) is 10.4. The largest absolute Gasteiger partial charge is 0.504 e. The molecule has 0 aromatic heterocycles. The van der Waals surface area contributed by atoms with Gasteiger partial charge < -0.3 is 9.84 Å². The lowest BCUT2D eigenvalue weighted by molar-refractivity contribution is -0.144. The Labute approximate surface area is 327 Å². The summed E-state index contributed by atoms with van der Waals surface area (Å²) in [7, 11) is 0. The van der Waals surface area contributed by atoms with Crippen LogP contribution in [-0.2, 0) is 25.7 Å². The molecule has 56 heavy (non-hydrogen) atoms. The van der Waals surface area contributed by atoms with Crippen molar-refractivity contribution in [2.45, 2.75) is 60.9 Å². The number of halogens is 7. The third-order valence-electron chi connectivity index (χ3n) is 12.1. The first-order chi connectivity index (χ1) is 26.7. The van der Waals surface area contributed by atoms with Crippen molar-refractivity contribution in [3.63, 3.8) is 0 Å². The average Bonchev–Trinajstić information content (AvgIpc) is 3.53. The average molecular weight is 819 g/mol. The van der Waals surface area contributed by atoms with Crippen LogP contribution in [0, 0.1) is 46.8 Å². The van der Waals surface area contributed by atoms with Crippen LogP contribution in [0.3, 0.4) is 0 Å². The minimum absolute atomic E-state index is 0.00140. The van der Waals surface area contributed by atoms with E-state index in [1.54, 1.807) is 13.0 Å². The van der Waals surface area contributed by atoms with E-state index in [1.165, 1.54) is 23.1 Å². The Bertz CT molecular complexity index is 2190. The highest BCUT2D eigenvalue weighted by Gasteiger charge is 2.77. The van der Waals surface area contributed by atoms with Gasteiger partial charge >= 0.3 is 0 Å². The van der Waals surface area contributed by atoms with E-state index in [0.29, 0.717) is 32.5 Å². The number of hydrogen-bond donors (Lipinski definition) is 1. The number of alkyl halides is 2. The summed E-state index contributed by atoms with van der Waals surface area (Å²) in [5.74, 6) is -21.8. The van der Waals surface area contributed by atoms with Gasteiger partial charge in [-0.3, -0.25) is 29.0 Å². The molecule has 16 heteroatoms. The van der Waals surface area contributed by atoms with Crippen LogP contribution in [0.2, 0.25) is 0 Å². The van der Waals surface area contributed by atoms with Crippen LogP contribution in [0.4, 0.5) is 27.6 Å². The first kappa shape index (κ1) is 38.3. The van der Waals surface area contributed by atoms with E-state index in [1.807, 2.05) is 30.3 Å². The maximum absolute atomic E-state index is 15.4. The number of piperidine rings is 1. The minimum atomic E-state index is -2.76. The molecule has 294 valence electrons. The fourth-order valence-electron chi connectivity index (χ4n) is 9.52. The molecule has 2 aliphatic carbocycles. The van der Waals surface area contributed by atoms with Crippen LogP contribution in [0.5, 0.6) is 11.5 Å². The topological polar surface area (TPSA) is 107 Å². The highest BCUT2D eigenvalue weighted by molar-refractivity contribution is 6.58. The molecular formula is C40H34Cl2F5N3O6. The molecule has 9 nitrogen and oxygen atoms in total. The quantitative estimate of drug-likeness (QED) is 0.0706. The summed E-state index contributed by atoms with van der Waals surface area (Å²) in [5, 5.41) is 11.6. The van der Waals surface area contributed by atoms with Crippen molar-refractivity contribution in [3.8, 4) is 11.5 Å². The molecule has 0 unspecified atom stereocenters. The number of amides is 4. The molecule has 3 heterocycles. The highest BCUT2D eigenvalue weighted by Crippen LogP contribution is 2.67. The number of nitrogens with zero attached hydrogens (tertiary/aromatic N) is 3. The van der Waals surface area contributed by atoms with Gasteiger partial charge in [-0.25, -0.2) is 26.9 Å². The predicted molar refractivity (Wildman–Crippen MR) is 192 cm³/mol. The molecule has 0 bridgehead atoms. The van der Waals surface area contributed by atoms with E-state index in [0.717, 1.165) is 5.56 Å². The number of likely N-dealkylation sites (tertiary alicyclic amines) is 2. The van der Waals surface area contributed by atoms with E-state index in [9.17, 15) is 37.5 Å². The summed E-state index contributed by atoms with van der Waals surface area (Å²) in [4.78, 5) is 55.5. The SMILES string of the molecule is CCOc1cccc([C@H]2C3=CC[C@@H]4C(=O)N(C5CCN(Cc6ccccc6)CC5)C(=O)[C@@H]4[C@@H]3C[C@@]3(Cl)C(=O)N(c4c(F)c(F)c(F)c(F)c4F)C(=O)[C@@]23Cl)c1O. The van der Waals surface area contributed by atoms with Crippen LogP contribution in [-0.4, -0.2) is 74.0 Å². The highest BCUT2D eigenvalue weighted by atomic mass is 35.5. The predicted octanol–water partition coefficient (Wildman–Crippen LogP) is 6.71. The van der Waals surface area contributed by atoms with Crippen molar-refractivity contribution >= 4 is 52.5 Å². The summed E-state index contributed by atoms with van der Waals surface area (Å²) in [6.07, 6.45) is 1.97. The van der Waals surface area contributed by atoms with Crippen LogP contribution in [0.1, 0.15) is 49.7 Å². The monoisotopic (exact) mass is 817 g/mol. The van der Waals surface area contributed by atoms with Gasteiger partial charge in [-0.1, -0.05) is 54.1 Å². The molecule has 3 aliphatic heterocycles. The van der Waals surface area contributed by atoms with Crippen LogP contribution >= 0.6 is 23.2 Å². The van der Waals surface area contributed by atoms with Crippen LogP contribution in [0.15, 0.2) is 60.2 Å². The normalized spacial score (nSPS) is 29.4. The molecular weight excluding hydrogens is 784 g/mol. The molecule has 8 rings (SSSR count). The Morgan fingerprint density at radius 1 is 0.821 bits per heavy atom. The molecule has 5 aliphatic rings. The van der Waals surface area contributed by atoms with E-state index >= 15 is 8.78 Å². The maximum atomic E-state index is 15.4. The van der Waals surface area contributed by atoms with Gasteiger partial charge in [0.25, 0.3) is 11.8 Å². The Balaban J connectivity index is 1.20. The number of ether oxygens (including phenoxy) is 1. The number of imide groups is 2. The van der Waals surface area contributed by atoms with Gasteiger partial charge in [-0.2, -0.15) is 0 Å². The smallest absolute Gasteiger partial charge is 0.258 e. The van der Waals surface area contributed by atoms with E-state index in [4.69, 9.17) is 27.9 Å². The molecule has 3 aromatic rings. The fraction of sp³-hybridized carbons (Fsp3) is 0.400. The van der Waals surface area contributed by atoms with E-state index < -0.39 is 110 Å². The molecule has 3 saturated heterocycles. The number of phenolic OH excluding ortho intramolecular Hbond substituents is 1. The zero-order valence-corrected chi connectivity index (χ0v) is 31.2. The lowest BCUT2D eigenvalue weighted by atomic mass is 9.56. The second-order valence-electron chi connectivity index (χ2n) is 14.9. The number of para-hydroxylation sites is 1. The molecule has 3 aromatic carbocycles. The third-order valence-corrected chi connectivity index (χ3v) is 13.5. The lowest BCUT2D eigenvalue weighted by Gasteiger charge is -2.50. The number of aromatic hydroxyl groups is 1. The van der Waals surface area contributed by atoms with Crippen molar-refractivity contribution in [1.82, 2.24) is 9.80 Å². The Morgan fingerprint density at radius 2 is 1.46 bits per heavy atom. The number of benzene rings is 3. The second-order valence-corrected chi connectivity index (χ2v) is 16.1. The van der Waals surface area contributed by atoms with Crippen molar-refractivity contribution in [2.24, 2.45) is 17.8 Å². The lowest BCUT2D eigenvalue weighted by Crippen LogP contribution is -2.60. The van der Waals surface area contributed by atoms with Crippen molar-refractivity contribution < 1.29 is 51.0 Å². The number of allylic oxidation sites excluding steroid dienone is 2. The number of hydrogen-bond acceptors (Lipinski definition) is 7. The first-order valence-corrected chi connectivity index (χ1v) is 19.0. The molecule has 6 atom stereocenters. The zero-order valence-electron chi connectivity index (χ0n) is 29.7. The van der Waals surface area contributed by atoms with Gasteiger partial charge in [-0.05, 0) is 50.2 Å². The van der Waals surface area contributed by atoms with Crippen LogP contribution in [0.25, 0.3) is 0 Å². The molecule has 1 saturated carbocycles. The minimum Gasteiger partial charge on any atom is -0.504 e. The summed E-state index contributed by atoms with van der Waals surface area (Å²) < 4.78 is 79.5. The molecule has 0 spiro atoms. The Hall–Kier alpha value is -4.53. The number of rotatable bonds is 7. The number of carbonyl (C=O) groups excluding carboxylic acids is 4. The van der Waals surface area contributed by atoms with Crippen LogP contribution < -0.4 is 9.64 Å². The molecule has 0 radical (unpaired) electrons. The van der Waals surface area contributed by atoms with Gasteiger partial charge in [0, 0.05) is 37.2 Å². The molecule has 1 N–H and O–H groups in total. The van der Waals surface area contributed by atoms with E-state index in [2.05, 4.69) is 4.90 Å². The summed E-state index contributed by atoms with van der Waals surface area (Å²) >= 11 is 14.4. The summed E-state index contributed by atoms with van der Waals surface area (Å²) in [6.45, 7) is 3.65. The number of fused-ring (bicyclic) bond motifs is 4. The van der Waals surface area contributed by atoms with Crippen molar-refractivity contribution in [3.05, 3.63) is 100 Å². The van der Waals surface area contributed by atoms with Gasteiger partial charge in [0.1, 0.15) is 5.69 Å². The van der Waals surface area contributed by atoms with Gasteiger partial charge in [-0.15, -0.1) is 23.2 Å². The maximum Gasteiger partial charge on any atom is 0.258 e. The second kappa shape index (κ2) is 13.8. The number of phenols is 1. The molecule has 4 amide bonds. The number of carbonyl (C=O) groups is 4. The van der Waals surface area contributed by atoms with Crippen molar-refractivity contribution in [2.75, 3.05) is 24.6 Å². The Morgan fingerprint density at radius 3 is 2.11 bits per heavy atom. The summed E-state index contributed by atoms with van der Waals surface area (Å²) in [5.41, 5.74) is -0.631. The van der Waals surface area contributed by atoms with Gasteiger partial charge in [0.2, 0.25) is 17.6 Å². The third kappa shape index (κ3) is 5.34. The van der Waals surface area contributed by atoms with E-state index in [-0.39, 0.29) is 34.8 Å². The Kier molecular flexibility index (Phi) is 9.48. The molecule has 4 fully saturated rings. The standard InChI is InChI=1S/C40H34Cl2F5N3O6/c1-2-56-25-10-6-9-23(34(25)51)27-21-11-12-22-26(36(53)49(35(22)52)20-13-15-48(16-14-20)18-19-7-4-3-5-8-19)24(21)17-39(41)37(54)50(38(55)40(27,39)42)33-31(46)29(44)28(43)30(45)32(33)47/h3-11,20,22,24,26-27,51H,2,12-18H2,1H3/t22-,24+,26-,27+,39+,40-/m0/s1. The summed E-state index contributed by atoms with van der Waals surface area (Å²) in [6, 6.07) is 13.6. The zero-order chi connectivity index (χ0) is 40.0. The first-order valence-electron chi connectivity index (χ1n) is 18.2. The van der Waals surface area contributed by atoms with Gasteiger partial charge in [0.15, 0.2) is 44.5 Å².